The molecule has 5 aromatic rings. The van der Waals surface area contributed by atoms with Crippen molar-refractivity contribution in [1.29, 1.82) is 0 Å². The van der Waals surface area contributed by atoms with E-state index < -0.39 is 12.2 Å². The van der Waals surface area contributed by atoms with Crippen molar-refractivity contribution in [2.24, 2.45) is 5.92 Å². The maximum atomic E-state index is 13.1. The molecule has 5 N–H and O–H groups in total. The summed E-state index contributed by atoms with van der Waals surface area (Å²) in [4.78, 5) is 29.9. The Balaban J connectivity index is 0.893. The number of anilines is 1. The van der Waals surface area contributed by atoms with Crippen LogP contribution in [0.2, 0.25) is 0 Å². The maximum Gasteiger partial charge on any atom is 0.411 e. The minimum absolute atomic E-state index is 0.0314. The highest BCUT2D eigenvalue weighted by molar-refractivity contribution is 5.92. The van der Waals surface area contributed by atoms with Gasteiger partial charge >= 0.3 is 6.09 Å². The molecule has 8 rings (SSSR count). The largest absolute Gasteiger partial charge is 0.506 e. The lowest BCUT2D eigenvalue weighted by atomic mass is 9.86. The molecule has 4 aromatic carbocycles. The summed E-state index contributed by atoms with van der Waals surface area (Å²) in [5, 5.41) is 28.0. The first-order chi connectivity index (χ1) is 25.4. The van der Waals surface area contributed by atoms with Gasteiger partial charge in [-0.25, -0.2) is 4.79 Å². The molecule has 1 amide bonds. The summed E-state index contributed by atoms with van der Waals surface area (Å²) in [6.07, 6.45) is 3.25. The molecular weight excluding hydrogens is 656 g/mol. The van der Waals surface area contributed by atoms with Crippen LogP contribution < -0.4 is 20.9 Å². The van der Waals surface area contributed by atoms with Gasteiger partial charge in [-0.3, -0.25) is 15.0 Å². The van der Waals surface area contributed by atoms with E-state index in [1.807, 2.05) is 48.5 Å². The molecule has 52 heavy (non-hydrogen) atoms. The van der Waals surface area contributed by atoms with Crippen molar-refractivity contribution in [3.05, 3.63) is 124 Å². The van der Waals surface area contributed by atoms with Crippen LogP contribution in [0.4, 0.5) is 10.5 Å². The lowest BCUT2D eigenvalue weighted by Gasteiger charge is -2.43. The number of phenols is 1. The van der Waals surface area contributed by atoms with E-state index in [9.17, 15) is 19.8 Å². The van der Waals surface area contributed by atoms with Crippen LogP contribution in [-0.4, -0.2) is 71.6 Å². The van der Waals surface area contributed by atoms with Gasteiger partial charge in [-0.2, -0.15) is 0 Å². The molecule has 0 radical (unpaired) electrons. The number of aromatic hydroxyl groups is 1. The number of rotatable bonds is 14. The van der Waals surface area contributed by atoms with E-state index >= 15 is 0 Å². The van der Waals surface area contributed by atoms with Crippen LogP contribution in [0, 0.1) is 5.92 Å². The van der Waals surface area contributed by atoms with Crippen molar-refractivity contribution >= 4 is 22.7 Å². The number of hydrogen-bond acceptors (Lipinski definition) is 8. The van der Waals surface area contributed by atoms with Gasteiger partial charge in [0.05, 0.1) is 23.9 Å². The minimum Gasteiger partial charge on any atom is -0.506 e. The number of benzene rings is 4. The second kappa shape index (κ2) is 16.5. The third kappa shape index (κ3) is 8.65. The van der Waals surface area contributed by atoms with E-state index in [-0.39, 0.29) is 17.4 Å². The standard InChI is InChI=1S/C42H46N4O6/c47-37-15-13-34(35-14-16-40(49)45-41(35)37)38(48)26-43-20-17-29-6-4-10-32(24-29)51-23-5-7-28-11-12-33(30-8-2-1-3-9-30)36(25-28)44-42(50)52-39-27-46-21-18-31(39)19-22-46/h1-4,6,8-16,24-25,31,38-39,43,47-48H,5,7,17-23,26-27H2,(H,44,50)(H,45,49)/t38-,39-/m0/s1. The van der Waals surface area contributed by atoms with E-state index in [1.54, 1.807) is 12.1 Å². The number of nitrogens with zero attached hydrogens (tertiary/aromatic N) is 1. The number of phenolic OH excluding ortho intramolecular Hbond substituents is 1. The normalized spacial score (nSPS) is 18.6. The lowest BCUT2D eigenvalue weighted by Crippen LogP contribution is -2.52. The number of pyridine rings is 1. The molecular formula is C42H46N4O6. The van der Waals surface area contributed by atoms with E-state index in [0.29, 0.717) is 42.1 Å². The van der Waals surface area contributed by atoms with Gasteiger partial charge in [0.1, 0.15) is 17.6 Å². The molecule has 3 aliphatic rings. The molecule has 2 bridgehead atoms. The zero-order chi connectivity index (χ0) is 35.9. The van der Waals surface area contributed by atoms with Crippen molar-refractivity contribution < 1.29 is 24.5 Å². The van der Waals surface area contributed by atoms with E-state index in [1.165, 1.54) is 12.1 Å². The van der Waals surface area contributed by atoms with Gasteiger partial charge in [-0.15, -0.1) is 0 Å². The van der Waals surface area contributed by atoms with Crippen LogP contribution >= 0.6 is 0 Å². The van der Waals surface area contributed by atoms with Crippen LogP contribution in [0.25, 0.3) is 22.0 Å². The molecule has 3 saturated heterocycles. The number of nitrogens with one attached hydrogen (secondary N) is 3. The number of aromatic nitrogens is 1. The summed E-state index contributed by atoms with van der Waals surface area (Å²) >= 11 is 0. The first kappa shape index (κ1) is 35.3. The quantitative estimate of drug-likeness (QED) is 0.0837. The molecule has 0 aliphatic carbocycles. The van der Waals surface area contributed by atoms with Gasteiger partial charge in [0, 0.05) is 30.1 Å². The summed E-state index contributed by atoms with van der Waals surface area (Å²) in [5.74, 6) is 1.22. The zero-order valence-electron chi connectivity index (χ0n) is 29.2. The average molecular weight is 703 g/mol. The Morgan fingerprint density at radius 1 is 0.923 bits per heavy atom. The second-order valence-corrected chi connectivity index (χ2v) is 13.8. The molecule has 10 nitrogen and oxygen atoms in total. The smallest absolute Gasteiger partial charge is 0.411 e. The van der Waals surface area contributed by atoms with Gasteiger partial charge in [-0.05, 0) is 110 Å². The van der Waals surface area contributed by atoms with Crippen molar-refractivity contribution in [3.8, 4) is 22.6 Å². The second-order valence-electron chi connectivity index (χ2n) is 13.8. The third-order valence-corrected chi connectivity index (χ3v) is 10.2. The average Bonchev–Trinajstić information content (AvgIpc) is 3.16. The number of piperidine rings is 3. The molecule has 270 valence electrons. The van der Waals surface area contributed by atoms with Crippen LogP contribution in [-0.2, 0) is 17.6 Å². The van der Waals surface area contributed by atoms with Crippen molar-refractivity contribution in [1.82, 2.24) is 15.2 Å². The Morgan fingerprint density at radius 3 is 2.56 bits per heavy atom. The Morgan fingerprint density at radius 2 is 1.75 bits per heavy atom. The van der Waals surface area contributed by atoms with E-state index in [2.05, 4.69) is 44.8 Å². The monoisotopic (exact) mass is 702 g/mol. The molecule has 0 saturated carbocycles. The lowest BCUT2D eigenvalue weighted by molar-refractivity contribution is -0.0289. The predicted octanol–water partition coefficient (Wildman–Crippen LogP) is 6.42. The number of aliphatic hydroxyl groups excluding tert-OH is 1. The minimum atomic E-state index is -0.811. The Bertz CT molecular complexity index is 2040. The van der Waals surface area contributed by atoms with Crippen LogP contribution in [0.15, 0.2) is 102 Å². The molecule has 2 atom stereocenters. The number of aliphatic hydroxyl groups is 1. The maximum absolute atomic E-state index is 13.1. The van der Waals surface area contributed by atoms with Crippen LogP contribution in [0.5, 0.6) is 11.5 Å². The summed E-state index contributed by atoms with van der Waals surface area (Å²) in [6, 6.07) is 30.5. The summed E-state index contributed by atoms with van der Waals surface area (Å²) < 4.78 is 12.1. The molecule has 4 heterocycles. The number of H-pyrrole nitrogens is 1. The first-order valence-corrected chi connectivity index (χ1v) is 18.2. The van der Waals surface area contributed by atoms with Crippen molar-refractivity contribution in [2.45, 2.75) is 44.3 Å². The Kier molecular flexibility index (Phi) is 11.2. The number of carbonyl (C=O) groups excluding carboxylic acids is 1. The Hall–Kier alpha value is -5.16. The van der Waals surface area contributed by atoms with Gasteiger partial charge in [0.15, 0.2) is 0 Å². The van der Waals surface area contributed by atoms with Gasteiger partial charge < -0.3 is 30.0 Å². The molecule has 0 spiro atoms. The van der Waals surface area contributed by atoms with Gasteiger partial charge in [-0.1, -0.05) is 60.7 Å². The van der Waals surface area contributed by atoms with Crippen molar-refractivity contribution in [2.75, 3.05) is 44.6 Å². The SMILES string of the molecule is O=C(Nc1cc(CCCOc2cccc(CCNC[C@H](O)c3ccc(O)c4[nH]c(=O)ccc34)c2)ccc1-c1ccccc1)O[C@H]1CN2CCC1CC2. The fourth-order valence-corrected chi connectivity index (χ4v) is 7.43. The highest BCUT2D eigenvalue weighted by Crippen LogP contribution is 2.33. The molecule has 1 aromatic heterocycles. The van der Waals surface area contributed by atoms with E-state index in [4.69, 9.17) is 9.47 Å². The fourth-order valence-electron chi connectivity index (χ4n) is 7.43. The summed E-state index contributed by atoms with van der Waals surface area (Å²) in [5.41, 5.74) is 5.60. The highest BCUT2D eigenvalue weighted by Gasteiger charge is 2.36. The van der Waals surface area contributed by atoms with Crippen molar-refractivity contribution in [3.63, 3.8) is 0 Å². The molecule has 3 aliphatic heterocycles. The molecule has 3 fully saturated rings. The predicted molar refractivity (Wildman–Crippen MR) is 203 cm³/mol. The van der Waals surface area contributed by atoms with Crippen LogP contribution in [0.3, 0.4) is 0 Å². The number of aryl methyl sites for hydroxylation is 1. The zero-order valence-corrected chi connectivity index (χ0v) is 29.2. The fraction of sp³-hybridized carbons (Fsp3) is 0.333. The summed E-state index contributed by atoms with van der Waals surface area (Å²) in [6.45, 7) is 4.53. The Labute approximate surface area is 303 Å². The number of amides is 1. The number of hydrogen-bond donors (Lipinski definition) is 5. The topological polar surface area (TPSA) is 136 Å². The number of ether oxygens (including phenoxy) is 2. The number of carbonyl (C=O) groups is 1. The first-order valence-electron chi connectivity index (χ1n) is 18.2. The van der Waals surface area contributed by atoms with E-state index in [0.717, 1.165) is 85.4 Å². The van der Waals surface area contributed by atoms with Gasteiger partial charge in [0.2, 0.25) is 5.56 Å². The molecule has 10 heteroatoms. The van der Waals surface area contributed by atoms with Gasteiger partial charge in [0.25, 0.3) is 0 Å². The molecule has 0 unspecified atom stereocenters. The number of aromatic amines is 1. The highest BCUT2D eigenvalue weighted by atomic mass is 16.6. The number of fused-ring (bicyclic) bond motifs is 4. The third-order valence-electron chi connectivity index (χ3n) is 10.2. The summed E-state index contributed by atoms with van der Waals surface area (Å²) in [7, 11) is 0. The van der Waals surface area contributed by atoms with Crippen LogP contribution in [0.1, 0.15) is 42.1 Å².